The molecule has 1 aromatic heterocycles. The standard InChI is InChI=1S/C16H24N2O/c1-3-17-11-14-9-6-10-18-16(14)19-12-15-8-5-4-7-13(15)2/h4-6,9-10,13,15,17H,3,7-8,11-12H2,1-2H3. The second-order valence-electron chi connectivity index (χ2n) is 5.24. The molecule has 1 aliphatic carbocycles. The summed E-state index contributed by atoms with van der Waals surface area (Å²) in [5, 5.41) is 3.32. The quantitative estimate of drug-likeness (QED) is 0.798. The lowest BCUT2D eigenvalue weighted by Crippen LogP contribution is -2.22. The molecule has 1 heterocycles. The highest BCUT2D eigenvalue weighted by Crippen LogP contribution is 2.26. The van der Waals surface area contributed by atoms with E-state index in [9.17, 15) is 0 Å². The minimum Gasteiger partial charge on any atom is -0.477 e. The first kappa shape index (κ1) is 14.1. The third kappa shape index (κ3) is 4.06. The first-order valence-electron chi connectivity index (χ1n) is 7.23. The van der Waals surface area contributed by atoms with Gasteiger partial charge < -0.3 is 10.1 Å². The molecular formula is C16H24N2O. The van der Waals surface area contributed by atoms with Gasteiger partial charge in [-0.25, -0.2) is 4.98 Å². The predicted molar refractivity (Wildman–Crippen MR) is 78.1 cm³/mol. The summed E-state index contributed by atoms with van der Waals surface area (Å²) in [5.41, 5.74) is 1.14. The highest BCUT2D eigenvalue weighted by atomic mass is 16.5. The van der Waals surface area contributed by atoms with E-state index in [0.29, 0.717) is 11.8 Å². The van der Waals surface area contributed by atoms with Crippen LogP contribution in [-0.2, 0) is 6.54 Å². The van der Waals surface area contributed by atoms with Gasteiger partial charge in [0, 0.05) is 18.3 Å². The predicted octanol–water partition coefficient (Wildman–Crippen LogP) is 3.17. The molecule has 0 spiro atoms. The molecule has 104 valence electrons. The summed E-state index contributed by atoms with van der Waals surface area (Å²) in [6, 6.07) is 4.04. The Morgan fingerprint density at radius 1 is 1.37 bits per heavy atom. The number of nitrogens with zero attached hydrogens (tertiary/aromatic N) is 1. The fourth-order valence-corrected chi connectivity index (χ4v) is 2.37. The summed E-state index contributed by atoms with van der Waals surface area (Å²) in [5.74, 6) is 2.09. The van der Waals surface area contributed by atoms with Crippen LogP contribution in [0.15, 0.2) is 30.5 Å². The Labute approximate surface area is 116 Å². The second kappa shape index (κ2) is 7.29. The van der Waals surface area contributed by atoms with Gasteiger partial charge in [0.15, 0.2) is 0 Å². The molecule has 0 saturated carbocycles. The summed E-state index contributed by atoms with van der Waals surface area (Å²) in [6.07, 6.45) is 8.64. The largest absolute Gasteiger partial charge is 0.477 e. The van der Waals surface area contributed by atoms with Crippen LogP contribution in [0.5, 0.6) is 5.88 Å². The van der Waals surface area contributed by atoms with Gasteiger partial charge in [0.1, 0.15) is 0 Å². The van der Waals surface area contributed by atoms with Gasteiger partial charge in [-0.1, -0.05) is 32.1 Å². The lowest BCUT2D eigenvalue weighted by atomic mass is 9.85. The molecule has 1 aromatic rings. The third-order valence-corrected chi connectivity index (χ3v) is 3.77. The normalized spacial score (nSPS) is 22.4. The van der Waals surface area contributed by atoms with Gasteiger partial charge in [0.05, 0.1) is 6.61 Å². The number of nitrogens with one attached hydrogen (secondary N) is 1. The van der Waals surface area contributed by atoms with E-state index in [1.807, 2.05) is 6.07 Å². The fraction of sp³-hybridized carbons (Fsp3) is 0.562. The summed E-state index contributed by atoms with van der Waals surface area (Å²) in [6.45, 7) is 6.95. The molecule has 0 radical (unpaired) electrons. The number of rotatable bonds is 6. The Kier molecular flexibility index (Phi) is 5.40. The number of pyridine rings is 1. The van der Waals surface area contributed by atoms with Crippen molar-refractivity contribution in [3.05, 3.63) is 36.0 Å². The van der Waals surface area contributed by atoms with E-state index in [1.54, 1.807) is 6.20 Å². The zero-order chi connectivity index (χ0) is 13.5. The topological polar surface area (TPSA) is 34.2 Å². The van der Waals surface area contributed by atoms with E-state index in [0.717, 1.165) is 37.6 Å². The van der Waals surface area contributed by atoms with Crippen LogP contribution in [0.2, 0.25) is 0 Å². The third-order valence-electron chi connectivity index (χ3n) is 3.77. The van der Waals surface area contributed by atoms with Crippen molar-refractivity contribution in [1.29, 1.82) is 0 Å². The van der Waals surface area contributed by atoms with Gasteiger partial charge in [-0.3, -0.25) is 0 Å². The lowest BCUT2D eigenvalue weighted by Gasteiger charge is -2.25. The van der Waals surface area contributed by atoms with Crippen molar-refractivity contribution < 1.29 is 4.74 Å². The fourth-order valence-electron chi connectivity index (χ4n) is 2.37. The molecular weight excluding hydrogens is 236 g/mol. The average Bonchev–Trinajstić information content (AvgIpc) is 2.45. The van der Waals surface area contributed by atoms with Crippen molar-refractivity contribution in [3.63, 3.8) is 0 Å². The molecule has 0 saturated heterocycles. The smallest absolute Gasteiger partial charge is 0.217 e. The number of ether oxygens (including phenoxy) is 1. The van der Waals surface area contributed by atoms with E-state index < -0.39 is 0 Å². The van der Waals surface area contributed by atoms with Crippen LogP contribution >= 0.6 is 0 Å². The number of allylic oxidation sites excluding steroid dienone is 2. The Morgan fingerprint density at radius 2 is 2.21 bits per heavy atom. The lowest BCUT2D eigenvalue weighted by molar-refractivity contribution is 0.191. The van der Waals surface area contributed by atoms with E-state index in [-0.39, 0.29) is 0 Å². The maximum atomic E-state index is 5.96. The molecule has 3 heteroatoms. The van der Waals surface area contributed by atoms with Crippen molar-refractivity contribution in [1.82, 2.24) is 10.3 Å². The zero-order valence-corrected chi connectivity index (χ0v) is 11.9. The number of hydrogen-bond acceptors (Lipinski definition) is 3. The molecule has 0 aromatic carbocycles. The molecule has 0 fully saturated rings. The van der Waals surface area contributed by atoms with Crippen molar-refractivity contribution in [3.8, 4) is 5.88 Å². The molecule has 0 aliphatic heterocycles. The Balaban J connectivity index is 1.93. The maximum Gasteiger partial charge on any atom is 0.217 e. The molecule has 0 bridgehead atoms. The van der Waals surface area contributed by atoms with Crippen LogP contribution in [0.4, 0.5) is 0 Å². The minimum atomic E-state index is 0.610. The summed E-state index contributed by atoms with van der Waals surface area (Å²) < 4.78 is 5.96. The Morgan fingerprint density at radius 3 is 3.00 bits per heavy atom. The summed E-state index contributed by atoms with van der Waals surface area (Å²) in [4.78, 5) is 4.36. The summed E-state index contributed by atoms with van der Waals surface area (Å²) >= 11 is 0. The van der Waals surface area contributed by atoms with Gasteiger partial charge in [0.2, 0.25) is 5.88 Å². The molecule has 1 aliphatic rings. The Hall–Kier alpha value is -1.35. The van der Waals surface area contributed by atoms with E-state index in [4.69, 9.17) is 4.74 Å². The first-order valence-corrected chi connectivity index (χ1v) is 7.23. The SMILES string of the molecule is CCNCc1cccnc1OCC1CC=CCC1C. The number of hydrogen-bond donors (Lipinski definition) is 1. The van der Waals surface area contributed by atoms with E-state index in [2.05, 4.69) is 42.4 Å². The highest BCUT2D eigenvalue weighted by molar-refractivity contribution is 5.25. The highest BCUT2D eigenvalue weighted by Gasteiger charge is 2.19. The van der Waals surface area contributed by atoms with Crippen LogP contribution < -0.4 is 10.1 Å². The average molecular weight is 260 g/mol. The van der Waals surface area contributed by atoms with Crippen molar-refractivity contribution in [2.75, 3.05) is 13.2 Å². The van der Waals surface area contributed by atoms with Crippen LogP contribution in [0.1, 0.15) is 32.3 Å². The van der Waals surface area contributed by atoms with Gasteiger partial charge >= 0.3 is 0 Å². The van der Waals surface area contributed by atoms with E-state index in [1.165, 1.54) is 6.42 Å². The van der Waals surface area contributed by atoms with Crippen LogP contribution in [0, 0.1) is 11.8 Å². The maximum absolute atomic E-state index is 5.96. The van der Waals surface area contributed by atoms with Gasteiger partial charge in [-0.2, -0.15) is 0 Å². The molecule has 3 nitrogen and oxygen atoms in total. The number of aromatic nitrogens is 1. The van der Waals surface area contributed by atoms with Crippen molar-refractivity contribution in [2.24, 2.45) is 11.8 Å². The van der Waals surface area contributed by atoms with Crippen LogP contribution in [0.25, 0.3) is 0 Å². The molecule has 1 N–H and O–H groups in total. The molecule has 2 atom stereocenters. The molecule has 19 heavy (non-hydrogen) atoms. The zero-order valence-electron chi connectivity index (χ0n) is 11.9. The van der Waals surface area contributed by atoms with Crippen LogP contribution in [-0.4, -0.2) is 18.1 Å². The molecule has 2 rings (SSSR count). The van der Waals surface area contributed by atoms with E-state index >= 15 is 0 Å². The van der Waals surface area contributed by atoms with Crippen molar-refractivity contribution >= 4 is 0 Å². The second-order valence-corrected chi connectivity index (χ2v) is 5.24. The summed E-state index contributed by atoms with van der Waals surface area (Å²) in [7, 11) is 0. The molecule has 2 unspecified atom stereocenters. The van der Waals surface area contributed by atoms with Crippen LogP contribution in [0.3, 0.4) is 0 Å². The molecule has 0 amide bonds. The van der Waals surface area contributed by atoms with Gasteiger partial charge in [-0.15, -0.1) is 0 Å². The Bertz CT molecular complexity index is 417. The minimum absolute atomic E-state index is 0.610. The first-order chi connectivity index (χ1) is 9.31. The van der Waals surface area contributed by atoms with Crippen molar-refractivity contribution in [2.45, 2.75) is 33.2 Å². The monoisotopic (exact) mass is 260 g/mol. The van der Waals surface area contributed by atoms with Gasteiger partial charge in [0.25, 0.3) is 0 Å². The van der Waals surface area contributed by atoms with Gasteiger partial charge in [-0.05, 0) is 37.3 Å².